The predicted molar refractivity (Wildman–Crippen MR) is 102 cm³/mol. The summed E-state index contributed by atoms with van der Waals surface area (Å²) in [5, 5.41) is 0. The van der Waals surface area contributed by atoms with Gasteiger partial charge in [0.1, 0.15) is 0 Å². The van der Waals surface area contributed by atoms with E-state index >= 15 is 0 Å². The van der Waals surface area contributed by atoms with Gasteiger partial charge in [-0.25, -0.2) is 9.97 Å². The van der Waals surface area contributed by atoms with Crippen LogP contribution in [0.2, 0.25) is 0 Å². The van der Waals surface area contributed by atoms with Gasteiger partial charge < -0.3 is 9.80 Å². The van der Waals surface area contributed by atoms with E-state index < -0.39 is 0 Å². The van der Waals surface area contributed by atoms with Crippen molar-refractivity contribution >= 4 is 11.8 Å². The highest BCUT2D eigenvalue weighted by Crippen LogP contribution is 2.29. The summed E-state index contributed by atoms with van der Waals surface area (Å²) >= 11 is 0. The predicted octanol–water partition coefficient (Wildman–Crippen LogP) is 2.53. The van der Waals surface area contributed by atoms with Crippen LogP contribution in [0.3, 0.4) is 0 Å². The van der Waals surface area contributed by atoms with Crippen LogP contribution < -0.4 is 0 Å². The molecule has 1 aromatic carbocycles. The van der Waals surface area contributed by atoms with Gasteiger partial charge in [0.2, 0.25) is 5.91 Å². The maximum Gasteiger partial charge on any atom is 0.257 e. The Morgan fingerprint density at radius 2 is 1.85 bits per heavy atom. The molecular weight excluding hydrogens is 340 g/mol. The highest BCUT2D eigenvalue weighted by atomic mass is 16.2. The van der Waals surface area contributed by atoms with Crippen LogP contribution in [-0.4, -0.2) is 57.3 Å². The van der Waals surface area contributed by atoms with Crippen LogP contribution in [0, 0.1) is 12.8 Å². The van der Waals surface area contributed by atoms with Gasteiger partial charge in [0.25, 0.3) is 5.91 Å². The van der Waals surface area contributed by atoms with Gasteiger partial charge in [0, 0.05) is 44.4 Å². The first-order valence-electron chi connectivity index (χ1n) is 9.48. The monoisotopic (exact) mass is 364 g/mol. The van der Waals surface area contributed by atoms with Crippen molar-refractivity contribution in [2.45, 2.75) is 32.7 Å². The first kappa shape index (κ1) is 17.6. The van der Waals surface area contributed by atoms with Gasteiger partial charge in [0.15, 0.2) is 5.82 Å². The Balaban J connectivity index is 1.59. The number of aryl methyl sites for hydroxylation is 1. The Morgan fingerprint density at radius 3 is 2.56 bits per heavy atom. The second-order valence-electron chi connectivity index (χ2n) is 7.54. The maximum absolute atomic E-state index is 13.2. The number of carbonyl (C=O) groups excluding carboxylic acids is 2. The Hall–Kier alpha value is -2.76. The average Bonchev–Trinajstić information content (AvgIpc) is 3.00. The topological polar surface area (TPSA) is 66.4 Å². The van der Waals surface area contributed by atoms with Crippen LogP contribution in [-0.2, 0) is 4.79 Å². The van der Waals surface area contributed by atoms with E-state index in [4.69, 9.17) is 0 Å². The van der Waals surface area contributed by atoms with Crippen molar-refractivity contribution in [3.63, 3.8) is 0 Å². The second kappa shape index (κ2) is 7.10. The third-order valence-electron chi connectivity index (χ3n) is 5.66. The van der Waals surface area contributed by atoms with E-state index in [-0.39, 0.29) is 17.9 Å². The number of nitrogens with zero attached hydrogens (tertiary/aromatic N) is 4. The quantitative estimate of drug-likeness (QED) is 0.821. The number of benzene rings is 1. The Labute approximate surface area is 159 Å². The molecule has 3 aliphatic rings. The number of fused-ring (bicyclic) bond motifs is 4. The summed E-state index contributed by atoms with van der Waals surface area (Å²) in [6.07, 6.45) is 3.66. The molecule has 1 aromatic heterocycles. The van der Waals surface area contributed by atoms with Crippen molar-refractivity contribution in [1.29, 1.82) is 0 Å². The largest absolute Gasteiger partial charge is 0.341 e. The first-order chi connectivity index (χ1) is 13.0. The van der Waals surface area contributed by atoms with Crippen molar-refractivity contribution in [3.8, 4) is 11.4 Å². The molecular formula is C21H24N4O2. The van der Waals surface area contributed by atoms with E-state index in [2.05, 4.69) is 9.97 Å². The normalized spacial score (nSPS) is 21.9. The molecule has 2 atom stereocenters. The van der Waals surface area contributed by atoms with Gasteiger partial charge in [-0.3, -0.25) is 9.59 Å². The lowest BCUT2D eigenvalue weighted by molar-refractivity contribution is -0.129. The Morgan fingerprint density at radius 1 is 1.07 bits per heavy atom. The summed E-state index contributed by atoms with van der Waals surface area (Å²) in [7, 11) is 0. The van der Waals surface area contributed by atoms with Gasteiger partial charge in [0.05, 0.1) is 11.3 Å². The number of piperidine rings is 1. The van der Waals surface area contributed by atoms with E-state index in [9.17, 15) is 9.59 Å². The molecule has 6 heteroatoms. The van der Waals surface area contributed by atoms with Gasteiger partial charge in [-0.1, -0.05) is 30.3 Å². The Bertz CT molecular complexity index is 868. The number of rotatable bonds is 2. The zero-order valence-electron chi connectivity index (χ0n) is 15.8. The van der Waals surface area contributed by atoms with Gasteiger partial charge in [-0.05, 0) is 25.7 Å². The molecule has 3 fully saturated rings. The fraction of sp³-hybridized carbons (Fsp3) is 0.429. The first-order valence-corrected chi connectivity index (χ1v) is 9.48. The molecule has 3 aliphatic heterocycles. The van der Waals surface area contributed by atoms with Crippen LogP contribution in [0.1, 0.15) is 35.8 Å². The molecule has 140 valence electrons. The SMILES string of the molecule is CC(=O)N1C[C@@H]2CC[C@H](C1)N(C(=O)c1cnc(-c3ccccc3)nc1C)C2. The van der Waals surface area contributed by atoms with Crippen LogP contribution in [0.5, 0.6) is 0 Å². The molecule has 2 aromatic rings. The lowest BCUT2D eigenvalue weighted by atomic mass is 9.94. The van der Waals surface area contributed by atoms with Crippen molar-refractivity contribution in [2.24, 2.45) is 5.92 Å². The van der Waals surface area contributed by atoms with Crippen molar-refractivity contribution in [2.75, 3.05) is 19.6 Å². The molecule has 6 nitrogen and oxygen atoms in total. The summed E-state index contributed by atoms with van der Waals surface area (Å²) in [6.45, 7) is 5.54. The fourth-order valence-corrected chi connectivity index (χ4v) is 4.15. The molecule has 5 rings (SSSR count). The van der Waals surface area contributed by atoms with E-state index in [0.29, 0.717) is 36.1 Å². The summed E-state index contributed by atoms with van der Waals surface area (Å²) in [6, 6.07) is 9.84. The summed E-state index contributed by atoms with van der Waals surface area (Å²) < 4.78 is 0. The smallest absolute Gasteiger partial charge is 0.257 e. The zero-order valence-corrected chi connectivity index (χ0v) is 15.8. The van der Waals surface area contributed by atoms with Gasteiger partial charge in [-0.15, -0.1) is 0 Å². The van der Waals surface area contributed by atoms with Crippen LogP contribution in [0.25, 0.3) is 11.4 Å². The minimum atomic E-state index is -0.0211. The van der Waals surface area contributed by atoms with Gasteiger partial charge in [-0.2, -0.15) is 0 Å². The van der Waals surface area contributed by atoms with Crippen LogP contribution >= 0.6 is 0 Å². The second-order valence-corrected chi connectivity index (χ2v) is 7.54. The maximum atomic E-state index is 13.2. The highest BCUT2D eigenvalue weighted by molar-refractivity contribution is 5.95. The molecule has 0 spiro atoms. The van der Waals surface area contributed by atoms with Crippen molar-refractivity contribution < 1.29 is 9.59 Å². The van der Waals surface area contributed by atoms with Crippen LogP contribution in [0.4, 0.5) is 0 Å². The molecule has 0 saturated carbocycles. The lowest BCUT2D eigenvalue weighted by Gasteiger charge is -2.36. The van der Waals surface area contributed by atoms with E-state index in [1.807, 2.05) is 47.1 Å². The average molecular weight is 364 g/mol. The Kier molecular flexibility index (Phi) is 4.64. The zero-order chi connectivity index (χ0) is 19.0. The van der Waals surface area contributed by atoms with E-state index in [0.717, 1.165) is 24.9 Å². The minimum absolute atomic E-state index is 0.0211. The molecule has 2 amide bonds. The molecule has 0 unspecified atom stereocenters. The van der Waals surface area contributed by atoms with Crippen LogP contribution in [0.15, 0.2) is 36.5 Å². The standard InChI is InChI=1S/C21H24N4O2/c1-14-19(10-22-20(23-14)17-6-4-3-5-7-17)21(27)25-12-16-8-9-18(25)13-24(11-16)15(2)26/h3-7,10,16,18H,8-9,11-13H2,1-2H3/t16-,18+/m0/s1. The molecule has 4 heterocycles. The third kappa shape index (κ3) is 3.44. The molecule has 27 heavy (non-hydrogen) atoms. The van der Waals surface area contributed by atoms with E-state index in [1.165, 1.54) is 0 Å². The van der Waals surface area contributed by atoms with Gasteiger partial charge >= 0.3 is 0 Å². The third-order valence-corrected chi connectivity index (χ3v) is 5.66. The molecule has 0 radical (unpaired) electrons. The fourth-order valence-electron chi connectivity index (χ4n) is 4.15. The number of aromatic nitrogens is 2. The molecule has 0 aliphatic carbocycles. The minimum Gasteiger partial charge on any atom is -0.341 e. The number of hydrogen-bond acceptors (Lipinski definition) is 4. The number of carbonyl (C=O) groups is 2. The number of amides is 2. The van der Waals surface area contributed by atoms with Crippen molar-refractivity contribution in [3.05, 3.63) is 47.8 Å². The summed E-state index contributed by atoms with van der Waals surface area (Å²) in [5.41, 5.74) is 2.18. The molecule has 0 N–H and O–H groups in total. The lowest BCUT2D eigenvalue weighted by Crippen LogP contribution is -2.47. The molecule has 3 saturated heterocycles. The number of hydrogen-bond donors (Lipinski definition) is 0. The van der Waals surface area contributed by atoms with Crippen molar-refractivity contribution in [1.82, 2.24) is 19.8 Å². The van der Waals surface area contributed by atoms with E-state index in [1.54, 1.807) is 13.1 Å². The summed E-state index contributed by atoms with van der Waals surface area (Å²) in [4.78, 5) is 37.9. The molecule has 2 bridgehead atoms. The summed E-state index contributed by atoms with van der Waals surface area (Å²) in [5.74, 6) is 1.05. The highest BCUT2D eigenvalue weighted by Gasteiger charge is 2.38.